The molecule has 20 heavy (non-hydrogen) atoms. The van der Waals surface area contributed by atoms with E-state index in [-0.39, 0.29) is 10.6 Å². The molecule has 0 radical (unpaired) electrons. The van der Waals surface area contributed by atoms with Crippen LogP contribution < -0.4 is 10.1 Å². The third kappa shape index (κ3) is 2.42. The molecule has 1 heterocycles. The Bertz CT molecular complexity index is 655. The van der Waals surface area contributed by atoms with Crippen LogP contribution in [0.2, 0.25) is 0 Å². The van der Waals surface area contributed by atoms with Crippen LogP contribution in [0.15, 0.2) is 42.5 Å². The molecule has 5 nitrogen and oxygen atoms in total. The van der Waals surface area contributed by atoms with Crippen LogP contribution >= 0.6 is 0 Å². The van der Waals surface area contributed by atoms with Gasteiger partial charge in [0.2, 0.25) is 0 Å². The summed E-state index contributed by atoms with van der Waals surface area (Å²) < 4.78 is 5.46. The van der Waals surface area contributed by atoms with Crippen LogP contribution in [0.25, 0.3) is 0 Å². The summed E-state index contributed by atoms with van der Waals surface area (Å²) in [5, 5.41) is 14.1. The van der Waals surface area contributed by atoms with E-state index in [1.54, 1.807) is 18.2 Å². The van der Waals surface area contributed by atoms with E-state index in [0.717, 1.165) is 24.3 Å². The van der Waals surface area contributed by atoms with Crippen molar-refractivity contribution in [2.75, 3.05) is 11.9 Å². The summed E-state index contributed by atoms with van der Waals surface area (Å²) in [5.74, 6) is 0.944. The minimum absolute atomic E-state index is 0.0944. The molecule has 102 valence electrons. The maximum atomic E-state index is 10.9. The lowest BCUT2D eigenvalue weighted by molar-refractivity contribution is -0.384. The van der Waals surface area contributed by atoms with Gasteiger partial charge in [0.15, 0.2) is 0 Å². The predicted molar refractivity (Wildman–Crippen MR) is 76.1 cm³/mol. The van der Waals surface area contributed by atoms with Gasteiger partial charge in [-0.3, -0.25) is 10.1 Å². The molecule has 0 fully saturated rings. The molecule has 0 aromatic heterocycles. The molecule has 0 spiro atoms. The molecule has 0 aliphatic carbocycles. The summed E-state index contributed by atoms with van der Waals surface area (Å²) in [6, 6.07) is 12.7. The van der Waals surface area contributed by atoms with Gasteiger partial charge in [-0.2, -0.15) is 0 Å². The predicted octanol–water partition coefficient (Wildman–Crippen LogP) is 3.14. The number of nitrogens with zero attached hydrogens (tertiary/aromatic N) is 1. The molecule has 1 N–H and O–H groups in total. The van der Waals surface area contributed by atoms with Gasteiger partial charge in [-0.15, -0.1) is 0 Å². The van der Waals surface area contributed by atoms with E-state index in [1.165, 1.54) is 11.6 Å². The average molecular weight is 270 g/mol. The zero-order valence-corrected chi connectivity index (χ0v) is 10.8. The number of para-hydroxylation sites is 2. The Hall–Kier alpha value is -2.56. The molecular weight excluding hydrogens is 256 g/mol. The number of nitrogens with one attached hydrogen (secondary N) is 1. The zero-order valence-electron chi connectivity index (χ0n) is 10.8. The Morgan fingerprint density at radius 1 is 1.25 bits per heavy atom. The molecule has 1 aliphatic heterocycles. The first kappa shape index (κ1) is 12.5. The summed E-state index contributed by atoms with van der Waals surface area (Å²) >= 11 is 0. The van der Waals surface area contributed by atoms with Crippen LogP contribution in [0.5, 0.6) is 5.75 Å². The van der Waals surface area contributed by atoms with Gasteiger partial charge < -0.3 is 10.1 Å². The number of fused-ring (bicyclic) bond motifs is 1. The number of ether oxygens (including phenoxy) is 1. The Balaban J connectivity index is 1.75. The Morgan fingerprint density at radius 2 is 2.10 bits per heavy atom. The molecule has 2 aromatic carbocycles. The standard InChI is InChI=1S/C15H14N2O3/c18-17(19)14-4-2-1-3-13(14)16-10-11-5-6-15-12(9-11)7-8-20-15/h1-6,9,16H,7-8,10H2. The number of benzene rings is 2. The molecule has 1 aliphatic rings. The number of anilines is 1. The summed E-state index contributed by atoms with van der Waals surface area (Å²) in [6.07, 6.45) is 0.925. The van der Waals surface area contributed by atoms with E-state index in [0.29, 0.717) is 12.2 Å². The van der Waals surface area contributed by atoms with Gasteiger partial charge in [0.05, 0.1) is 11.5 Å². The lowest BCUT2D eigenvalue weighted by atomic mass is 10.1. The van der Waals surface area contributed by atoms with Crippen LogP contribution in [-0.2, 0) is 13.0 Å². The fraction of sp³-hybridized carbons (Fsp3) is 0.200. The van der Waals surface area contributed by atoms with Crippen LogP contribution in [0.4, 0.5) is 11.4 Å². The average Bonchev–Trinajstić information content (AvgIpc) is 2.92. The van der Waals surface area contributed by atoms with Crippen LogP contribution in [0, 0.1) is 10.1 Å². The van der Waals surface area contributed by atoms with Crippen molar-refractivity contribution in [3.63, 3.8) is 0 Å². The van der Waals surface area contributed by atoms with Crippen molar-refractivity contribution in [3.8, 4) is 5.75 Å². The van der Waals surface area contributed by atoms with Gasteiger partial charge in [-0.05, 0) is 23.3 Å². The van der Waals surface area contributed by atoms with Crippen LogP contribution in [0.1, 0.15) is 11.1 Å². The van der Waals surface area contributed by atoms with Crippen molar-refractivity contribution in [2.24, 2.45) is 0 Å². The highest BCUT2D eigenvalue weighted by Gasteiger charge is 2.14. The summed E-state index contributed by atoms with van der Waals surface area (Å²) in [7, 11) is 0. The smallest absolute Gasteiger partial charge is 0.292 e. The lowest BCUT2D eigenvalue weighted by Crippen LogP contribution is -2.02. The Morgan fingerprint density at radius 3 is 2.95 bits per heavy atom. The van der Waals surface area contributed by atoms with E-state index in [9.17, 15) is 10.1 Å². The van der Waals surface area contributed by atoms with E-state index in [2.05, 4.69) is 11.4 Å². The van der Waals surface area contributed by atoms with E-state index < -0.39 is 0 Å². The fourth-order valence-electron chi connectivity index (χ4n) is 2.33. The molecular formula is C15H14N2O3. The summed E-state index contributed by atoms with van der Waals surface area (Å²) in [6.45, 7) is 1.29. The molecule has 3 rings (SSSR count). The highest BCUT2D eigenvalue weighted by atomic mass is 16.6. The number of hydrogen-bond acceptors (Lipinski definition) is 4. The highest BCUT2D eigenvalue weighted by Crippen LogP contribution is 2.27. The van der Waals surface area contributed by atoms with Crippen LogP contribution in [-0.4, -0.2) is 11.5 Å². The molecule has 0 bridgehead atoms. The molecule has 0 saturated heterocycles. The minimum atomic E-state index is -0.376. The van der Waals surface area contributed by atoms with Gasteiger partial charge >= 0.3 is 0 Å². The van der Waals surface area contributed by atoms with Crippen molar-refractivity contribution in [3.05, 3.63) is 63.7 Å². The number of rotatable bonds is 4. The third-order valence-corrected chi connectivity index (χ3v) is 3.34. The lowest BCUT2D eigenvalue weighted by Gasteiger charge is -2.08. The summed E-state index contributed by atoms with van der Waals surface area (Å²) in [4.78, 5) is 10.6. The maximum Gasteiger partial charge on any atom is 0.292 e. The Labute approximate surface area is 116 Å². The van der Waals surface area contributed by atoms with Crippen molar-refractivity contribution >= 4 is 11.4 Å². The first-order valence-electron chi connectivity index (χ1n) is 6.46. The zero-order chi connectivity index (χ0) is 13.9. The number of hydrogen-bond donors (Lipinski definition) is 1. The number of nitro groups is 1. The molecule has 0 unspecified atom stereocenters. The third-order valence-electron chi connectivity index (χ3n) is 3.34. The molecule has 0 amide bonds. The maximum absolute atomic E-state index is 10.9. The van der Waals surface area contributed by atoms with E-state index in [1.807, 2.05) is 12.1 Å². The largest absolute Gasteiger partial charge is 0.493 e. The van der Waals surface area contributed by atoms with Crippen LogP contribution in [0.3, 0.4) is 0 Å². The van der Waals surface area contributed by atoms with Gasteiger partial charge in [0.1, 0.15) is 11.4 Å². The van der Waals surface area contributed by atoms with Crippen molar-refractivity contribution in [1.29, 1.82) is 0 Å². The minimum Gasteiger partial charge on any atom is -0.493 e. The van der Waals surface area contributed by atoms with Gasteiger partial charge in [0, 0.05) is 19.0 Å². The first-order chi connectivity index (χ1) is 9.74. The molecule has 5 heteroatoms. The monoisotopic (exact) mass is 270 g/mol. The quantitative estimate of drug-likeness (QED) is 0.684. The SMILES string of the molecule is O=[N+]([O-])c1ccccc1NCc1ccc2c(c1)CCO2. The Kier molecular flexibility index (Phi) is 3.25. The van der Waals surface area contributed by atoms with Gasteiger partial charge in [-0.25, -0.2) is 0 Å². The highest BCUT2D eigenvalue weighted by molar-refractivity contribution is 5.61. The second kappa shape index (κ2) is 5.21. The molecule has 2 aromatic rings. The number of nitro benzene ring substituents is 1. The molecule has 0 saturated carbocycles. The normalized spacial score (nSPS) is 12.6. The van der Waals surface area contributed by atoms with E-state index in [4.69, 9.17) is 4.74 Å². The second-order valence-corrected chi connectivity index (χ2v) is 4.67. The first-order valence-corrected chi connectivity index (χ1v) is 6.46. The van der Waals surface area contributed by atoms with Crippen molar-refractivity contribution in [1.82, 2.24) is 0 Å². The second-order valence-electron chi connectivity index (χ2n) is 4.67. The van der Waals surface area contributed by atoms with Crippen molar-refractivity contribution in [2.45, 2.75) is 13.0 Å². The molecule has 0 atom stereocenters. The van der Waals surface area contributed by atoms with E-state index >= 15 is 0 Å². The fourth-order valence-corrected chi connectivity index (χ4v) is 2.33. The van der Waals surface area contributed by atoms with Gasteiger partial charge in [-0.1, -0.05) is 24.3 Å². The summed E-state index contributed by atoms with van der Waals surface area (Å²) in [5.41, 5.74) is 2.92. The van der Waals surface area contributed by atoms with Crippen molar-refractivity contribution < 1.29 is 9.66 Å². The topological polar surface area (TPSA) is 64.4 Å². The van der Waals surface area contributed by atoms with Gasteiger partial charge in [0.25, 0.3) is 5.69 Å².